The van der Waals surface area contributed by atoms with Gasteiger partial charge < -0.3 is 15.0 Å². The number of halogens is 1. The second-order valence-corrected chi connectivity index (χ2v) is 12.5. The summed E-state index contributed by atoms with van der Waals surface area (Å²) in [7, 11) is -2.17. The number of nitrogens with one attached hydrogen (secondary N) is 1. The Balaban J connectivity index is 1.90. The van der Waals surface area contributed by atoms with Crippen molar-refractivity contribution in [3.63, 3.8) is 0 Å². The highest BCUT2D eigenvalue weighted by Crippen LogP contribution is 2.22. The second-order valence-electron chi connectivity index (χ2n) is 9.38. The van der Waals surface area contributed by atoms with Crippen molar-refractivity contribution in [1.29, 1.82) is 0 Å². The van der Waals surface area contributed by atoms with Crippen LogP contribution in [0.2, 0.25) is 0 Å². The van der Waals surface area contributed by atoms with E-state index in [1.165, 1.54) is 11.3 Å². The smallest absolute Gasteiger partial charge is 0.244 e. The summed E-state index contributed by atoms with van der Waals surface area (Å²) in [5, 5.41) is 3.15. The van der Waals surface area contributed by atoms with E-state index in [2.05, 4.69) is 27.9 Å². The zero-order valence-electron chi connectivity index (χ0n) is 21.7. The minimum absolute atomic E-state index is 0.104. The van der Waals surface area contributed by atoms with Gasteiger partial charge in [-0.15, -0.1) is 0 Å². The van der Waals surface area contributed by atoms with E-state index < -0.39 is 28.5 Å². The standard InChI is InChI=1S/C27H36IN3O5S/c1-4-25(27(33)29-22-8-6-5-7-9-22)30(18-20-10-16-24(36-2)17-11-20)26(32)19-31(37(3,34)35)23-14-12-21(28)13-15-23/h10-17,22,25H,4-9,18-19H2,1-3H3,(H,29,33)/t25-/m1/s1. The predicted molar refractivity (Wildman–Crippen MR) is 154 cm³/mol. The van der Waals surface area contributed by atoms with E-state index in [0.29, 0.717) is 17.9 Å². The molecule has 8 nitrogen and oxygen atoms in total. The molecule has 1 aliphatic rings. The third kappa shape index (κ3) is 8.33. The van der Waals surface area contributed by atoms with Crippen LogP contribution in [0.3, 0.4) is 0 Å². The van der Waals surface area contributed by atoms with Gasteiger partial charge in [0.25, 0.3) is 0 Å². The Morgan fingerprint density at radius 1 is 1.05 bits per heavy atom. The zero-order valence-corrected chi connectivity index (χ0v) is 24.6. The van der Waals surface area contributed by atoms with Gasteiger partial charge in [0.15, 0.2) is 0 Å². The molecule has 1 aliphatic carbocycles. The van der Waals surface area contributed by atoms with Crippen LogP contribution in [0.25, 0.3) is 0 Å². The fourth-order valence-electron chi connectivity index (χ4n) is 4.61. The maximum absolute atomic E-state index is 13.8. The van der Waals surface area contributed by atoms with E-state index >= 15 is 0 Å². The first-order valence-electron chi connectivity index (χ1n) is 12.6. The van der Waals surface area contributed by atoms with Gasteiger partial charge in [-0.1, -0.05) is 38.3 Å². The average molecular weight is 642 g/mol. The molecule has 1 atom stereocenters. The number of sulfonamides is 1. The monoisotopic (exact) mass is 641 g/mol. The minimum atomic E-state index is -3.75. The lowest BCUT2D eigenvalue weighted by Gasteiger charge is -2.34. The molecule has 0 spiro atoms. The first-order chi connectivity index (χ1) is 17.6. The van der Waals surface area contributed by atoms with Crippen LogP contribution in [0.15, 0.2) is 48.5 Å². The van der Waals surface area contributed by atoms with Crippen molar-refractivity contribution in [3.8, 4) is 5.75 Å². The van der Waals surface area contributed by atoms with Gasteiger partial charge in [-0.05, 0) is 83.8 Å². The molecule has 0 aromatic heterocycles. The summed E-state index contributed by atoms with van der Waals surface area (Å²) in [6.07, 6.45) is 6.69. The number of nitrogens with zero attached hydrogens (tertiary/aromatic N) is 2. The number of anilines is 1. The number of methoxy groups -OCH3 is 1. The van der Waals surface area contributed by atoms with E-state index in [4.69, 9.17) is 4.74 Å². The van der Waals surface area contributed by atoms with Crippen LogP contribution in [-0.2, 0) is 26.2 Å². The predicted octanol–water partition coefficient (Wildman–Crippen LogP) is 4.32. The molecule has 202 valence electrons. The first kappa shape index (κ1) is 29.2. The number of carbonyl (C=O) groups excluding carboxylic acids is 2. The van der Waals surface area contributed by atoms with E-state index in [0.717, 1.165) is 45.4 Å². The number of rotatable bonds is 11. The molecule has 0 radical (unpaired) electrons. The van der Waals surface area contributed by atoms with Crippen LogP contribution in [0.1, 0.15) is 51.0 Å². The van der Waals surface area contributed by atoms with Crippen LogP contribution in [0.5, 0.6) is 5.75 Å². The first-order valence-corrected chi connectivity index (χ1v) is 15.5. The second kappa shape index (κ2) is 13.5. The van der Waals surface area contributed by atoms with Gasteiger partial charge >= 0.3 is 0 Å². The molecule has 2 aromatic rings. The van der Waals surface area contributed by atoms with Crippen LogP contribution in [-0.4, -0.2) is 57.1 Å². The number of hydrogen-bond acceptors (Lipinski definition) is 5. The fourth-order valence-corrected chi connectivity index (χ4v) is 5.82. The average Bonchev–Trinajstić information content (AvgIpc) is 2.88. The Kier molecular flexibility index (Phi) is 10.6. The number of ether oxygens (including phenoxy) is 1. The minimum Gasteiger partial charge on any atom is -0.497 e. The third-order valence-electron chi connectivity index (χ3n) is 6.64. The third-order valence-corrected chi connectivity index (χ3v) is 8.50. The summed E-state index contributed by atoms with van der Waals surface area (Å²) in [5.41, 5.74) is 1.22. The lowest BCUT2D eigenvalue weighted by Crippen LogP contribution is -2.53. The quantitative estimate of drug-likeness (QED) is 0.369. The van der Waals surface area contributed by atoms with Gasteiger partial charge in [-0.25, -0.2) is 8.42 Å². The summed E-state index contributed by atoms with van der Waals surface area (Å²) >= 11 is 2.14. The van der Waals surface area contributed by atoms with Crippen molar-refractivity contribution in [2.45, 2.75) is 64.1 Å². The maximum atomic E-state index is 13.8. The molecule has 0 bridgehead atoms. The van der Waals surface area contributed by atoms with E-state index in [9.17, 15) is 18.0 Å². The zero-order chi connectivity index (χ0) is 27.0. The van der Waals surface area contributed by atoms with Gasteiger partial charge in [0.05, 0.1) is 19.1 Å². The van der Waals surface area contributed by atoms with Crippen LogP contribution in [0, 0.1) is 3.57 Å². The van der Waals surface area contributed by atoms with Crippen LogP contribution >= 0.6 is 22.6 Å². The summed E-state index contributed by atoms with van der Waals surface area (Å²) in [6, 6.07) is 13.6. The Morgan fingerprint density at radius 3 is 2.22 bits per heavy atom. The molecular weight excluding hydrogens is 605 g/mol. The van der Waals surface area contributed by atoms with Gasteiger partial charge in [0, 0.05) is 16.2 Å². The SMILES string of the molecule is CC[C@H](C(=O)NC1CCCCC1)N(Cc1ccc(OC)cc1)C(=O)CN(c1ccc(I)cc1)S(C)(=O)=O. The van der Waals surface area contributed by atoms with E-state index in [-0.39, 0.29) is 18.5 Å². The van der Waals surface area contributed by atoms with Gasteiger partial charge in [0.2, 0.25) is 21.8 Å². The number of benzene rings is 2. The molecule has 0 heterocycles. The molecule has 10 heteroatoms. The maximum Gasteiger partial charge on any atom is 0.244 e. The highest BCUT2D eigenvalue weighted by Gasteiger charge is 2.32. The van der Waals surface area contributed by atoms with E-state index in [1.54, 1.807) is 43.5 Å². The summed E-state index contributed by atoms with van der Waals surface area (Å²) in [5.74, 6) is 0.0486. The Bertz CT molecular complexity index is 1150. The Hall–Kier alpha value is -2.34. The number of amides is 2. The molecule has 0 aliphatic heterocycles. The van der Waals surface area contributed by atoms with Crippen LogP contribution in [0.4, 0.5) is 5.69 Å². The normalized spacial score (nSPS) is 15.0. The Morgan fingerprint density at radius 2 is 1.68 bits per heavy atom. The molecule has 1 N–H and O–H groups in total. The Labute approximate surface area is 233 Å². The molecule has 2 aromatic carbocycles. The summed E-state index contributed by atoms with van der Waals surface area (Å²) < 4.78 is 32.7. The molecule has 0 unspecified atom stereocenters. The molecule has 1 saturated carbocycles. The highest BCUT2D eigenvalue weighted by atomic mass is 127. The van der Waals surface area contributed by atoms with Crippen molar-refractivity contribution in [1.82, 2.24) is 10.2 Å². The lowest BCUT2D eigenvalue weighted by atomic mass is 9.95. The van der Waals surface area contributed by atoms with E-state index in [1.807, 2.05) is 19.1 Å². The van der Waals surface area contributed by atoms with Gasteiger partial charge in [-0.3, -0.25) is 13.9 Å². The molecule has 2 amide bonds. The topological polar surface area (TPSA) is 96.0 Å². The van der Waals surface area contributed by atoms with Crippen molar-refractivity contribution in [2.24, 2.45) is 0 Å². The largest absolute Gasteiger partial charge is 0.497 e. The van der Waals surface area contributed by atoms with Gasteiger partial charge in [-0.2, -0.15) is 0 Å². The molecule has 1 fully saturated rings. The fraction of sp³-hybridized carbons (Fsp3) is 0.481. The molecular formula is C27H36IN3O5S. The highest BCUT2D eigenvalue weighted by molar-refractivity contribution is 14.1. The number of hydrogen-bond donors (Lipinski definition) is 1. The van der Waals surface area contributed by atoms with Crippen LogP contribution < -0.4 is 14.4 Å². The lowest BCUT2D eigenvalue weighted by molar-refractivity contribution is -0.140. The van der Waals surface area contributed by atoms with Gasteiger partial charge in [0.1, 0.15) is 18.3 Å². The molecule has 0 saturated heterocycles. The molecule has 37 heavy (non-hydrogen) atoms. The number of carbonyl (C=O) groups is 2. The summed E-state index contributed by atoms with van der Waals surface area (Å²) in [6.45, 7) is 1.64. The van der Waals surface area contributed by atoms with Crippen molar-refractivity contribution >= 4 is 50.1 Å². The van der Waals surface area contributed by atoms with Crippen molar-refractivity contribution in [2.75, 3.05) is 24.2 Å². The van der Waals surface area contributed by atoms with Crippen molar-refractivity contribution in [3.05, 3.63) is 57.7 Å². The summed E-state index contributed by atoms with van der Waals surface area (Å²) in [4.78, 5) is 28.7. The molecule has 3 rings (SSSR count). The van der Waals surface area contributed by atoms with Crippen molar-refractivity contribution < 1.29 is 22.7 Å².